The minimum absolute atomic E-state index is 0.278. The van der Waals surface area contributed by atoms with Crippen LogP contribution in [-0.4, -0.2) is 37.6 Å². The number of sulfonamides is 1. The van der Waals surface area contributed by atoms with Crippen molar-refractivity contribution in [2.24, 2.45) is 5.14 Å². The molecule has 3 N–H and O–H groups in total. The number of nitro groups is 1. The van der Waals surface area contributed by atoms with Crippen molar-refractivity contribution in [2.75, 3.05) is 18.0 Å². The predicted molar refractivity (Wildman–Crippen MR) is 67.3 cm³/mol. The standard InChI is InChI=1S/C10H13N3O5S/c11-19(17,18)10-5-7(13(15)16)1-2-9(10)12-4-3-8(14)6-12/h1-2,5,8,14H,3-4,6H2,(H2,11,17,18)/t8-/m1/s1. The number of aliphatic hydroxyl groups excluding tert-OH is 1. The van der Waals surface area contributed by atoms with Crippen molar-refractivity contribution in [3.05, 3.63) is 28.3 Å². The van der Waals surface area contributed by atoms with Crippen LogP contribution in [0.4, 0.5) is 11.4 Å². The number of hydrogen-bond donors (Lipinski definition) is 2. The molecular weight excluding hydrogens is 274 g/mol. The first-order valence-corrected chi connectivity index (χ1v) is 7.08. The van der Waals surface area contributed by atoms with Gasteiger partial charge >= 0.3 is 0 Å². The largest absolute Gasteiger partial charge is 0.391 e. The van der Waals surface area contributed by atoms with Crippen molar-refractivity contribution in [2.45, 2.75) is 17.4 Å². The molecule has 1 fully saturated rings. The third-order valence-electron chi connectivity index (χ3n) is 2.96. The SMILES string of the molecule is NS(=O)(=O)c1cc([N+](=O)[O-])ccc1N1CC[C@@H](O)C1. The molecule has 0 aliphatic carbocycles. The van der Waals surface area contributed by atoms with Gasteiger partial charge in [0.25, 0.3) is 5.69 Å². The van der Waals surface area contributed by atoms with Gasteiger partial charge in [0.2, 0.25) is 10.0 Å². The minimum Gasteiger partial charge on any atom is -0.391 e. The molecule has 1 atom stereocenters. The van der Waals surface area contributed by atoms with Crippen molar-refractivity contribution in [1.82, 2.24) is 0 Å². The van der Waals surface area contributed by atoms with E-state index < -0.39 is 21.1 Å². The smallest absolute Gasteiger partial charge is 0.270 e. The molecular formula is C10H13N3O5S. The Labute approximate surface area is 109 Å². The van der Waals surface area contributed by atoms with Crippen molar-refractivity contribution in [1.29, 1.82) is 0 Å². The summed E-state index contributed by atoms with van der Waals surface area (Å²) in [5, 5.41) is 25.2. The molecule has 1 aliphatic rings. The number of nitro benzene ring substituents is 1. The summed E-state index contributed by atoms with van der Waals surface area (Å²) < 4.78 is 23.1. The van der Waals surface area contributed by atoms with Gasteiger partial charge in [-0.3, -0.25) is 10.1 Å². The van der Waals surface area contributed by atoms with Crippen LogP contribution in [0.5, 0.6) is 0 Å². The van der Waals surface area contributed by atoms with Gasteiger partial charge < -0.3 is 10.0 Å². The van der Waals surface area contributed by atoms with E-state index in [9.17, 15) is 23.6 Å². The summed E-state index contributed by atoms with van der Waals surface area (Å²) in [6, 6.07) is 3.50. The van der Waals surface area contributed by atoms with Crippen molar-refractivity contribution < 1.29 is 18.4 Å². The monoisotopic (exact) mass is 287 g/mol. The fourth-order valence-corrected chi connectivity index (χ4v) is 2.84. The number of benzene rings is 1. The first-order valence-electron chi connectivity index (χ1n) is 5.53. The number of nitrogens with zero attached hydrogens (tertiary/aromatic N) is 2. The van der Waals surface area contributed by atoms with Gasteiger partial charge in [0.15, 0.2) is 0 Å². The highest BCUT2D eigenvalue weighted by atomic mass is 32.2. The van der Waals surface area contributed by atoms with Crippen LogP contribution < -0.4 is 10.0 Å². The van der Waals surface area contributed by atoms with E-state index in [0.717, 1.165) is 6.07 Å². The molecule has 8 nitrogen and oxygen atoms in total. The number of non-ortho nitro benzene ring substituents is 1. The van der Waals surface area contributed by atoms with E-state index in [1.807, 2.05) is 0 Å². The average Bonchev–Trinajstić information content (AvgIpc) is 2.73. The highest BCUT2D eigenvalue weighted by molar-refractivity contribution is 7.89. The Bertz CT molecular complexity index is 616. The molecule has 0 bridgehead atoms. The molecule has 1 aromatic rings. The molecule has 19 heavy (non-hydrogen) atoms. The summed E-state index contributed by atoms with van der Waals surface area (Å²) in [5.74, 6) is 0. The summed E-state index contributed by atoms with van der Waals surface area (Å²) in [4.78, 5) is 11.3. The van der Waals surface area contributed by atoms with Crippen molar-refractivity contribution in [3.8, 4) is 0 Å². The second-order valence-electron chi connectivity index (χ2n) is 4.34. The van der Waals surface area contributed by atoms with Gasteiger partial charge in [-0.15, -0.1) is 0 Å². The van der Waals surface area contributed by atoms with Gasteiger partial charge in [-0.1, -0.05) is 0 Å². The fraction of sp³-hybridized carbons (Fsp3) is 0.400. The van der Waals surface area contributed by atoms with Gasteiger partial charge in [0, 0.05) is 25.2 Å². The van der Waals surface area contributed by atoms with Crippen molar-refractivity contribution in [3.63, 3.8) is 0 Å². The minimum atomic E-state index is -4.07. The zero-order valence-corrected chi connectivity index (χ0v) is 10.7. The van der Waals surface area contributed by atoms with Crippen LogP contribution >= 0.6 is 0 Å². The Morgan fingerprint density at radius 2 is 2.16 bits per heavy atom. The molecule has 9 heteroatoms. The molecule has 1 heterocycles. The van der Waals surface area contributed by atoms with Crippen LogP contribution in [-0.2, 0) is 10.0 Å². The highest BCUT2D eigenvalue weighted by Gasteiger charge is 2.27. The second kappa shape index (κ2) is 4.76. The van der Waals surface area contributed by atoms with E-state index in [2.05, 4.69) is 0 Å². The first-order chi connectivity index (χ1) is 8.79. The van der Waals surface area contributed by atoms with Gasteiger partial charge in [-0.2, -0.15) is 0 Å². The molecule has 1 aliphatic heterocycles. The summed E-state index contributed by atoms with van der Waals surface area (Å²) in [7, 11) is -4.07. The summed E-state index contributed by atoms with van der Waals surface area (Å²) >= 11 is 0. The van der Waals surface area contributed by atoms with Crippen LogP contribution in [0.25, 0.3) is 0 Å². The molecule has 0 amide bonds. The van der Waals surface area contributed by atoms with Gasteiger partial charge in [0.1, 0.15) is 4.90 Å². The molecule has 104 valence electrons. The highest BCUT2D eigenvalue weighted by Crippen LogP contribution is 2.30. The molecule has 0 aromatic heterocycles. The molecule has 0 unspecified atom stereocenters. The topological polar surface area (TPSA) is 127 Å². The van der Waals surface area contributed by atoms with E-state index >= 15 is 0 Å². The Morgan fingerprint density at radius 1 is 1.47 bits per heavy atom. The van der Waals surface area contributed by atoms with Gasteiger partial charge in [-0.05, 0) is 12.5 Å². The number of anilines is 1. The molecule has 0 spiro atoms. The maximum Gasteiger partial charge on any atom is 0.270 e. The Morgan fingerprint density at radius 3 is 2.63 bits per heavy atom. The van der Waals surface area contributed by atoms with Crippen LogP contribution in [0.15, 0.2) is 23.1 Å². The van der Waals surface area contributed by atoms with Crippen LogP contribution in [0, 0.1) is 10.1 Å². The van der Waals surface area contributed by atoms with E-state index in [1.165, 1.54) is 12.1 Å². The molecule has 1 aromatic carbocycles. The van der Waals surface area contributed by atoms with E-state index in [-0.39, 0.29) is 22.8 Å². The Hall–Kier alpha value is -1.71. The molecule has 1 saturated heterocycles. The Balaban J connectivity index is 2.52. The summed E-state index contributed by atoms with van der Waals surface area (Å²) in [5.41, 5.74) is -0.0582. The van der Waals surface area contributed by atoms with E-state index in [1.54, 1.807) is 4.90 Å². The Kier molecular flexibility index (Phi) is 3.43. The lowest BCUT2D eigenvalue weighted by Crippen LogP contribution is -2.25. The van der Waals surface area contributed by atoms with Gasteiger partial charge in [0.05, 0.1) is 16.7 Å². The van der Waals surface area contributed by atoms with Crippen molar-refractivity contribution >= 4 is 21.4 Å². The van der Waals surface area contributed by atoms with Crippen LogP contribution in [0.3, 0.4) is 0 Å². The lowest BCUT2D eigenvalue weighted by Gasteiger charge is -2.20. The average molecular weight is 287 g/mol. The normalized spacial score (nSPS) is 19.7. The maximum absolute atomic E-state index is 11.5. The van der Waals surface area contributed by atoms with Crippen LogP contribution in [0.1, 0.15) is 6.42 Å². The number of β-amino-alcohol motifs (C(OH)–C–C–N with tert-alkyl or cyclic N) is 1. The summed E-state index contributed by atoms with van der Waals surface area (Å²) in [6.07, 6.45) is -0.0235. The zero-order chi connectivity index (χ0) is 14.2. The molecule has 0 saturated carbocycles. The number of aliphatic hydroxyl groups is 1. The number of hydrogen-bond acceptors (Lipinski definition) is 6. The number of rotatable bonds is 3. The second-order valence-corrected chi connectivity index (χ2v) is 5.87. The predicted octanol–water partition coefficient (Wildman–Crippen LogP) is -0.187. The third kappa shape index (κ3) is 2.83. The quantitative estimate of drug-likeness (QED) is 0.586. The molecule has 0 radical (unpaired) electrons. The lowest BCUT2D eigenvalue weighted by molar-refractivity contribution is -0.385. The van der Waals surface area contributed by atoms with Gasteiger partial charge in [-0.25, -0.2) is 13.6 Å². The fourth-order valence-electron chi connectivity index (χ4n) is 2.07. The number of nitrogens with two attached hydrogens (primary N) is 1. The lowest BCUT2D eigenvalue weighted by atomic mass is 10.2. The summed E-state index contributed by atoms with van der Waals surface area (Å²) in [6.45, 7) is 0.752. The maximum atomic E-state index is 11.5. The van der Waals surface area contributed by atoms with E-state index in [0.29, 0.717) is 13.0 Å². The first kappa shape index (κ1) is 13.7. The third-order valence-corrected chi connectivity index (χ3v) is 3.90. The zero-order valence-electron chi connectivity index (χ0n) is 9.89. The number of primary sulfonamides is 1. The van der Waals surface area contributed by atoms with E-state index in [4.69, 9.17) is 5.14 Å². The van der Waals surface area contributed by atoms with Crippen LogP contribution in [0.2, 0.25) is 0 Å². The molecule has 2 rings (SSSR count).